The van der Waals surface area contributed by atoms with Crippen molar-refractivity contribution in [3.63, 3.8) is 0 Å². The van der Waals surface area contributed by atoms with E-state index >= 15 is 0 Å². The molecule has 0 aliphatic carbocycles. The van der Waals surface area contributed by atoms with E-state index < -0.39 is 0 Å². The molecule has 1 fully saturated rings. The molecule has 3 heteroatoms. The second-order valence-electron chi connectivity index (χ2n) is 4.85. The lowest BCUT2D eigenvalue weighted by atomic mass is 10.0. The minimum absolute atomic E-state index is 0.227. The van der Waals surface area contributed by atoms with Crippen LogP contribution in [0.15, 0.2) is 36.4 Å². The fraction of sp³-hybridized carbons (Fsp3) is 0.312. The molecule has 1 heterocycles. The fourth-order valence-electron chi connectivity index (χ4n) is 2.57. The lowest BCUT2D eigenvalue weighted by Crippen LogP contribution is -2.37. The van der Waals surface area contributed by atoms with Gasteiger partial charge in [0.05, 0.1) is 11.6 Å². The van der Waals surface area contributed by atoms with Crippen molar-refractivity contribution in [3.05, 3.63) is 42.0 Å². The molecule has 2 aromatic carbocycles. The summed E-state index contributed by atoms with van der Waals surface area (Å²) in [5, 5.41) is 14.5. The number of piperidine rings is 1. The maximum atomic E-state index is 9.15. The molecule has 0 aromatic heterocycles. The third kappa shape index (κ3) is 2.40. The van der Waals surface area contributed by atoms with Crippen LogP contribution in [0.3, 0.4) is 0 Å². The zero-order valence-corrected chi connectivity index (χ0v) is 10.7. The van der Waals surface area contributed by atoms with E-state index in [9.17, 15) is 0 Å². The predicted molar refractivity (Wildman–Crippen MR) is 75.2 cm³/mol. The lowest BCUT2D eigenvalue weighted by Gasteiger charge is -2.24. The average Bonchev–Trinajstić information content (AvgIpc) is 2.49. The quantitative estimate of drug-likeness (QED) is 0.894. The molecule has 0 spiro atoms. The molecule has 3 rings (SSSR count). The van der Waals surface area contributed by atoms with E-state index in [2.05, 4.69) is 11.4 Å². The molecule has 0 radical (unpaired) electrons. The molecule has 96 valence electrons. The monoisotopic (exact) mass is 252 g/mol. The van der Waals surface area contributed by atoms with Crippen LogP contribution in [0.4, 0.5) is 0 Å². The summed E-state index contributed by atoms with van der Waals surface area (Å²) >= 11 is 0. The summed E-state index contributed by atoms with van der Waals surface area (Å²) in [5.41, 5.74) is 0.699. The summed E-state index contributed by atoms with van der Waals surface area (Å²) in [6.45, 7) is 1.97. The number of fused-ring (bicyclic) bond motifs is 1. The highest BCUT2D eigenvalue weighted by atomic mass is 16.5. The Morgan fingerprint density at radius 3 is 2.74 bits per heavy atom. The van der Waals surface area contributed by atoms with Crippen LogP contribution < -0.4 is 10.1 Å². The zero-order valence-electron chi connectivity index (χ0n) is 10.7. The van der Waals surface area contributed by atoms with E-state index in [1.807, 2.05) is 36.4 Å². The van der Waals surface area contributed by atoms with Crippen molar-refractivity contribution in [1.29, 1.82) is 5.26 Å². The van der Waals surface area contributed by atoms with Crippen molar-refractivity contribution < 1.29 is 4.74 Å². The molecular weight excluding hydrogens is 236 g/mol. The van der Waals surface area contributed by atoms with E-state index in [-0.39, 0.29) is 6.10 Å². The fourth-order valence-corrected chi connectivity index (χ4v) is 2.57. The Bertz CT molecular complexity index is 624. The van der Waals surface area contributed by atoms with Gasteiger partial charge < -0.3 is 10.1 Å². The molecule has 1 aliphatic heterocycles. The normalized spacial score (nSPS) is 19.0. The number of nitrogens with one attached hydrogen (secondary N) is 1. The van der Waals surface area contributed by atoms with Crippen LogP contribution in [0.25, 0.3) is 10.8 Å². The minimum atomic E-state index is 0.227. The maximum absolute atomic E-state index is 9.15. The molecule has 19 heavy (non-hydrogen) atoms. The third-order valence-electron chi connectivity index (χ3n) is 3.55. The van der Waals surface area contributed by atoms with Gasteiger partial charge in [-0.2, -0.15) is 5.26 Å². The van der Waals surface area contributed by atoms with Gasteiger partial charge in [0.1, 0.15) is 11.9 Å². The first kappa shape index (κ1) is 12.0. The predicted octanol–water partition coefficient (Wildman–Crippen LogP) is 2.84. The molecule has 0 saturated carbocycles. The molecular formula is C16H16N2O. The number of rotatable bonds is 2. The standard InChI is InChI=1S/C16H16N2O/c17-10-12-7-8-16(15-6-2-1-5-14(12)15)19-13-4-3-9-18-11-13/h1-2,5-8,13,18H,3-4,9,11H2. The highest BCUT2D eigenvalue weighted by molar-refractivity contribution is 5.92. The Labute approximate surface area is 112 Å². The zero-order chi connectivity index (χ0) is 13.1. The van der Waals surface area contributed by atoms with Crippen LogP contribution in [0.5, 0.6) is 5.75 Å². The van der Waals surface area contributed by atoms with Gasteiger partial charge in [0.15, 0.2) is 0 Å². The average molecular weight is 252 g/mol. The topological polar surface area (TPSA) is 45.0 Å². The van der Waals surface area contributed by atoms with Gasteiger partial charge in [-0.05, 0) is 31.5 Å². The summed E-state index contributed by atoms with van der Waals surface area (Å²) < 4.78 is 6.10. The molecule has 0 amide bonds. The highest BCUT2D eigenvalue weighted by Gasteiger charge is 2.16. The van der Waals surface area contributed by atoms with E-state index in [1.165, 1.54) is 0 Å². The van der Waals surface area contributed by atoms with Gasteiger partial charge >= 0.3 is 0 Å². The Morgan fingerprint density at radius 1 is 1.16 bits per heavy atom. The first-order chi connectivity index (χ1) is 9.38. The number of nitrogens with zero attached hydrogens (tertiary/aromatic N) is 1. The molecule has 1 unspecified atom stereocenters. The van der Waals surface area contributed by atoms with Crippen LogP contribution in [0.2, 0.25) is 0 Å². The molecule has 0 bridgehead atoms. The van der Waals surface area contributed by atoms with Gasteiger partial charge in [0.2, 0.25) is 0 Å². The summed E-state index contributed by atoms with van der Waals surface area (Å²) in [7, 11) is 0. The van der Waals surface area contributed by atoms with Crippen molar-refractivity contribution in [1.82, 2.24) is 5.32 Å². The Hall–Kier alpha value is -2.05. The van der Waals surface area contributed by atoms with E-state index in [4.69, 9.17) is 10.00 Å². The smallest absolute Gasteiger partial charge is 0.127 e. The SMILES string of the molecule is N#Cc1ccc(OC2CCCNC2)c2ccccc12. The Morgan fingerprint density at radius 2 is 2.00 bits per heavy atom. The van der Waals surface area contributed by atoms with Crippen LogP contribution in [-0.2, 0) is 0 Å². The van der Waals surface area contributed by atoms with Crippen molar-refractivity contribution in [3.8, 4) is 11.8 Å². The summed E-state index contributed by atoms with van der Waals surface area (Å²) in [4.78, 5) is 0. The van der Waals surface area contributed by atoms with E-state index in [0.29, 0.717) is 5.56 Å². The third-order valence-corrected chi connectivity index (χ3v) is 3.55. The van der Waals surface area contributed by atoms with Crippen LogP contribution in [0.1, 0.15) is 18.4 Å². The Balaban J connectivity index is 1.97. The van der Waals surface area contributed by atoms with Crippen LogP contribution in [0, 0.1) is 11.3 Å². The van der Waals surface area contributed by atoms with Crippen LogP contribution >= 0.6 is 0 Å². The van der Waals surface area contributed by atoms with Crippen molar-refractivity contribution in [2.75, 3.05) is 13.1 Å². The Kier molecular flexibility index (Phi) is 3.35. The van der Waals surface area contributed by atoms with Gasteiger partial charge in [-0.15, -0.1) is 0 Å². The minimum Gasteiger partial charge on any atom is -0.488 e. The summed E-state index contributed by atoms with van der Waals surface area (Å²) in [6.07, 6.45) is 2.46. The van der Waals surface area contributed by atoms with Gasteiger partial charge in [-0.1, -0.05) is 24.3 Å². The summed E-state index contributed by atoms with van der Waals surface area (Å²) in [5.74, 6) is 0.878. The largest absolute Gasteiger partial charge is 0.488 e. The van der Waals surface area contributed by atoms with Crippen molar-refractivity contribution in [2.45, 2.75) is 18.9 Å². The lowest BCUT2D eigenvalue weighted by molar-refractivity contribution is 0.169. The first-order valence-corrected chi connectivity index (χ1v) is 6.68. The van der Waals surface area contributed by atoms with Gasteiger partial charge in [0, 0.05) is 17.3 Å². The number of nitriles is 1. The second kappa shape index (κ2) is 5.29. The molecule has 1 saturated heterocycles. The highest BCUT2D eigenvalue weighted by Crippen LogP contribution is 2.29. The van der Waals surface area contributed by atoms with Gasteiger partial charge in [0.25, 0.3) is 0 Å². The first-order valence-electron chi connectivity index (χ1n) is 6.68. The van der Waals surface area contributed by atoms with Gasteiger partial charge in [-0.25, -0.2) is 0 Å². The second-order valence-corrected chi connectivity index (χ2v) is 4.85. The van der Waals surface area contributed by atoms with Crippen molar-refractivity contribution >= 4 is 10.8 Å². The molecule has 1 N–H and O–H groups in total. The van der Waals surface area contributed by atoms with Crippen molar-refractivity contribution in [2.24, 2.45) is 0 Å². The summed E-state index contributed by atoms with van der Waals surface area (Å²) in [6, 6.07) is 13.9. The number of hydrogen-bond donors (Lipinski definition) is 1. The molecule has 1 aliphatic rings. The molecule has 2 aromatic rings. The van der Waals surface area contributed by atoms with Crippen LogP contribution in [-0.4, -0.2) is 19.2 Å². The van der Waals surface area contributed by atoms with E-state index in [0.717, 1.165) is 42.5 Å². The number of hydrogen-bond acceptors (Lipinski definition) is 3. The maximum Gasteiger partial charge on any atom is 0.127 e. The van der Waals surface area contributed by atoms with E-state index in [1.54, 1.807) is 0 Å². The van der Waals surface area contributed by atoms with Gasteiger partial charge in [-0.3, -0.25) is 0 Å². The number of benzene rings is 2. The number of ether oxygens (including phenoxy) is 1. The molecule has 1 atom stereocenters. The molecule has 3 nitrogen and oxygen atoms in total.